The highest BCUT2D eigenvalue weighted by Gasteiger charge is 2.29. The Labute approximate surface area is 161 Å². The van der Waals surface area contributed by atoms with Crippen molar-refractivity contribution < 1.29 is 26.4 Å². The van der Waals surface area contributed by atoms with Crippen LogP contribution < -0.4 is 0 Å². The third-order valence-electron chi connectivity index (χ3n) is 4.25. The van der Waals surface area contributed by atoms with Crippen molar-refractivity contribution in [3.8, 4) is 0 Å². The maximum atomic E-state index is 12.8. The van der Waals surface area contributed by atoms with Gasteiger partial charge in [0.25, 0.3) is 0 Å². The smallest absolute Gasteiger partial charge is 0.321 e. The van der Waals surface area contributed by atoms with Crippen LogP contribution in [0.15, 0.2) is 34.1 Å². The molecule has 0 aliphatic carbocycles. The number of hydrogen-bond acceptors (Lipinski definition) is 6. The Morgan fingerprint density at radius 2 is 1.59 bits per heavy atom. The molecule has 0 aromatic heterocycles. The molecule has 27 heavy (non-hydrogen) atoms. The van der Waals surface area contributed by atoms with Crippen LogP contribution in [0, 0.1) is 0 Å². The molecule has 1 heterocycles. The largest absolute Gasteiger partial charge is 0.465 e. The van der Waals surface area contributed by atoms with Gasteiger partial charge in [-0.1, -0.05) is 6.92 Å². The van der Waals surface area contributed by atoms with Crippen LogP contribution in [0.5, 0.6) is 0 Å². The molecule has 1 fully saturated rings. The van der Waals surface area contributed by atoms with Crippen LogP contribution in [0.25, 0.3) is 0 Å². The van der Waals surface area contributed by atoms with E-state index >= 15 is 0 Å². The van der Waals surface area contributed by atoms with Gasteiger partial charge in [-0.3, -0.25) is 4.79 Å². The van der Waals surface area contributed by atoms with Crippen molar-refractivity contribution in [2.24, 2.45) is 0 Å². The summed E-state index contributed by atoms with van der Waals surface area (Å²) >= 11 is 0. The zero-order valence-electron chi connectivity index (χ0n) is 15.6. The van der Waals surface area contributed by atoms with Crippen molar-refractivity contribution in [1.82, 2.24) is 8.61 Å². The molecule has 1 aliphatic heterocycles. The summed E-state index contributed by atoms with van der Waals surface area (Å²) in [5, 5.41) is 0. The number of hydrogen-bond donors (Lipinski definition) is 0. The summed E-state index contributed by atoms with van der Waals surface area (Å²) < 4.78 is 58.1. The minimum Gasteiger partial charge on any atom is -0.465 e. The number of sulfonamides is 2. The van der Waals surface area contributed by atoms with Gasteiger partial charge in [-0.2, -0.15) is 8.61 Å². The average Bonchev–Trinajstić information content (AvgIpc) is 3.17. The fraction of sp³-hybridized carbons (Fsp3) is 0.588. The molecule has 8 nitrogen and oxygen atoms in total. The molecule has 0 unspecified atom stereocenters. The van der Waals surface area contributed by atoms with Crippen LogP contribution in [-0.2, 0) is 29.6 Å². The van der Waals surface area contributed by atoms with Crippen molar-refractivity contribution in [3.63, 3.8) is 0 Å². The van der Waals surface area contributed by atoms with E-state index in [-0.39, 0.29) is 29.5 Å². The van der Waals surface area contributed by atoms with E-state index in [2.05, 4.69) is 0 Å². The molecule has 1 aromatic carbocycles. The Hall–Kier alpha value is -1.49. The van der Waals surface area contributed by atoms with Gasteiger partial charge in [0.2, 0.25) is 20.0 Å². The van der Waals surface area contributed by atoms with Gasteiger partial charge in [0.1, 0.15) is 6.54 Å². The highest BCUT2D eigenvalue weighted by Crippen LogP contribution is 2.23. The van der Waals surface area contributed by atoms with Crippen LogP contribution in [-0.4, -0.2) is 64.2 Å². The number of rotatable bonds is 9. The van der Waals surface area contributed by atoms with Crippen molar-refractivity contribution in [3.05, 3.63) is 24.3 Å². The Balaban J connectivity index is 2.25. The lowest BCUT2D eigenvalue weighted by molar-refractivity contribution is -0.143. The van der Waals surface area contributed by atoms with Gasteiger partial charge in [-0.15, -0.1) is 0 Å². The van der Waals surface area contributed by atoms with E-state index in [0.717, 1.165) is 17.1 Å². The quantitative estimate of drug-likeness (QED) is 0.563. The first-order valence-electron chi connectivity index (χ1n) is 8.99. The molecule has 1 saturated heterocycles. The Bertz CT molecular complexity index is 844. The number of benzene rings is 1. The Kier molecular flexibility index (Phi) is 7.38. The molecule has 0 radical (unpaired) electrons. The topological polar surface area (TPSA) is 101 Å². The number of ether oxygens (including phenoxy) is 1. The average molecular weight is 419 g/mol. The predicted molar refractivity (Wildman–Crippen MR) is 100 cm³/mol. The summed E-state index contributed by atoms with van der Waals surface area (Å²) in [7, 11) is -7.54. The first-order valence-corrected chi connectivity index (χ1v) is 11.9. The molecular formula is C17H26N2O6S2. The molecule has 152 valence electrons. The normalized spacial score (nSPS) is 16.0. The summed E-state index contributed by atoms with van der Waals surface area (Å²) in [6.07, 6.45) is 2.18. The molecule has 0 atom stereocenters. The van der Waals surface area contributed by atoms with Crippen molar-refractivity contribution in [2.75, 3.05) is 32.8 Å². The highest BCUT2D eigenvalue weighted by molar-refractivity contribution is 7.89. The van der Waals surface area contributed by atoms with Gasteiger partial charge in [0.15, 0.2) is 0 Å². The van der Waals surface area contributed by atoms with E-state index in [0.29, 0.717) is 19.5 Å². The first kappa shape index (κ1) is 21.8. The fourth-order valence-corrected chi connectivity index (χ4v) is 5.89. The van der Waals surface area contributed by atoms with Crippen molar-refractivity contribution >= 4 is 26.0 Å². The van der Waals surface area contributed by atoms with Crippen LogP contribution >= 0.6 is 0 Å². The zero-order chi connectivity index (χ0) is 20.1. The number of carbonyl (C=O) groups is 1. The molecule has 2 rings (SSSR count). The van der Waals surface area contributed by atoms with Gasteiger partial charge in [0.05, 0.1) is 16.4 Å². The van der Waals surface area contributed by atoms with Gasteiger partial charge < -0.3 is 4.74 Å². The zero-order valence-corrected chi connectivity index (χ0v) is 17.3. The Morgan fingerprint density at radius 3 is 2.11 bits per heavy atom. The molecule has 0 N–H and O–H groups in total. The number of esters is 1. The molecule has 0 spiro atoms. The molecule has 1 aromatic rings. The third kappa shape index (κ3) is 5.07. The van der Waals surface area contributed by atoms with E-state index in [4.69, 9.17) is 4.74 Å². The molecule has 1 aliphatic rings. The SMILES string of the molecule is CCCN(CC(=O)OCC)S(=O)(=O)c1ccc(S(=O)(=O)N2CCCC2)cc1. The second-order valence-electron chi connectivity index (χ2n) is 6.23. The summed E-state index contributed by atoms with van der Waals surface area (Å²) in [6, 6.07) is 5.14. The lowest BCUT2D eigenvalue weighted by Crippen LogP contribution is -2.37. The van der Waals surface area contributed by atoms with E-state index in [1.54, 1.807) is 13.8 Å². The summed E-state index contributed by atoms with van der Waals surface area (Å²) in [5.74, 6) is -0.622. The molecule has 0 bridgehead atoms. The molecule has 10 heteroatoms. The van der Waals surface area contributed by atoms with Crippen molar-refractivity contribution in [1.29, 1.82) is 0 Å². The van der Waals surface area contributed by atoms with Crippen molar-refractivity contribution in [2.45, 2.75) is 42.9 Å². The lowest BCUT2D eigenvalue weighted by Gasteiger charge is -2.21. The van der Waals surface area contributed by atoms with Crippen LogP contribution in [0.4, 0.5) is 0 Å². The first-order chi connectivity index (χ1) is 12.7. The van der Waals surface area contributed by atoms with Gasteiger partial charge >= 0.3 is 5.97 Å². The third-order valence-corrected chi connectivity index (χ3v) is 8.02. The maximum Gasteiger partial charge on any atom is 0.321 e. The monoisotopic (exact) mass is 418 g/mol. The second kappa shape index (κ2) is 9.13. The fourth-order valence-electron chi connectivity index (χ4n) is 2.89. The van der Waals surface area contributed by atoms with Gasteiger partial charge in [0, 0.05) is 19.6 Å². The van der Waals surface area contributed by atoms with E-state index in [9.17, 15) is 21.6 Å². The lowest BCUT2D eigenvalue weighted by atomic mass is 10.4. The minimum absolute atomic E-state index is 0.0550. The maximum absolute atomic E-state index is 12.8. The summed E-state index contributed by atoms with van der Waals surface area (Å²) in [6.45, 7) is 4.36. The number of carbonyl (C=O) groups excluding carboxylic acids is 1. The van der Waals surface area contributed by atoms with Crippen LogP contribution in [0.2, 0.25) is 0 Å². The minimum atomic E-state index is -3.93. The van der Waals surface area contributed by atoms with Crippen LogP contribution in [0.1, 0.15) is 33.1 Å². The van der Waals surface area contributed by atoms with E-state index < -0.39 is 26.0 Å². The summed E-state index contributed by atoms with van der Waals surface area (Å²) in [5.41, 5.74) is 0. The highest BCUT2D eigenvalue weighted by atomic mass is 32.2. The Morgan fingerprint density at radius 1 is 1.04 bits per heavy atom. The second-order valence-corrected chi connectivity index (χ2v) is 10.1. The molecule has 0 amide bonds. The summed E-state index contributed by atoms with van der Waals surface area (Å²) in [4.78, 5) is 11.7. The molecule has 0 saturated carbocycles. The van der Waals surface area contributed by atoms with Gasteiger partial charge in [-0.05, 0) is 50.5 Å². The molecular weight excluding hydrogens is 392 g/mol. The van der Waals surface area contributed by atoms with E-state index in [1.807, 2.05) is 0 Å². The number of nitrogens with zero attached hydrogens (tertiary/aromatic N) is 2. The van der Waals surface area contributed by atoms with Crippen LogP contribution in [0.3, 0.4) is 0 Å². The van der Waals surface area contributed by atoms with Gasteiger partial charge in [-0.25, -0.2) is 16.8 Å². The van der Waals surface area contributed by atoms with E-state index in [1.165, 1.54) is 28.6 Å². The standard InChI is InChI=1S/C17H26N2O6S2/c1-3-11-19(14-17(20)25-4-2)27(23,24)16-9-7-15(8-10-16)26(21,22)18-12-5-6-13-18/h7-10H,3-6,11-14H2,1-2H3. The predicted octanol–water partition coefficient (Wildman–Crippen LogP) is 1.43.